The summed E-state index contributed by atoms with van der Waals surface area (Å²) in [5, 5.41) is 0. The highest BCUT2D eigenvalue weighted by molar-refractivity contribution is 5.96. The molecule has 4 heteroatoms. The first-order chi connectivity index (χ1) is 9.69. The summed E-state index contributed by atoms with van der Waals surface area (Å²) < 4.78 is 10.6. The molecule has 0 radical (unpaired) electrons. The predicted molar refractivity (Wildman–Crippen MR) is 76.6 cm³/mol. The topological polar surface area (TPSA) is 61.5 Å². The van der Waals surface area contributed by atoms with Crippen molar-refractivity contribution in [3.05, 3.63) is 23.8 Å². The van der Waals surface area contributed by atoms with Crippen molar-refractivity contribution in [2.75, 3.05) is 19.5 Å². The van der Waals surface area contributed by atoms with Gasteiger partial charge in [0.1, 0.15) is 5.75 Å². The van der Waals surface area contributed by atoms with E-state index in [1.54, 1.807) is 18.2 Å². The smallest absolute Gasteiger partial charge is 0.340 e. The summed E-state index contributed by atoms with van der Waals surface area (Å²) in [7, 11) is 1.54. The van der Waals surface area contributed by atoms with Crippen LogP contribution in [0.4, 0.5) is 5.69 Å². The zero-order valence-electron chi connectivity index (χ0n) is 11.8. The summed E-state index contributed by atoms with van der Waals surface area (Å²) in [5.74, 6) is 2.34. The van der Waals surface area contributed by atoms with E-state index in [0.717, 1.165) is 11.8 Å². The van der Waals surface area contributed by atoms with Crippen LogP contribution in [0.3, 0.4) is 0 Å². The number of hydrogen-bond donors (Lipinski definition) is 1. The average Bonchev–Trinajstić information content (AvgIpc) is 3.07. The number of ether oxygens (including phenoxy) is 2. The molecular formula is C16H21NO3. The van der Waals surface area contributed by atoms with Crippen LogP contribution in [0, 0.1) is 17.8 Å². The van der Waals surface area contributed by atoms with Crippen LogP contribution in [0.15, 0.2) is 18.2 Å². The lowest BCUT2D eigenvalue weighted by molar-refractivity contribution is 0.0395. The molecule has 2 bridgehead atoms. The second-order valence-electron chi connectivity index (χ2n) is 5.95. The first-order valence-electron chi connectivity index (χ1n) is 7.28. The Hall–Kier alpha value is -1.71. The highest BCUT2D eigenvalue weighted by Crippen LogP contribution is 2.48. The van der Waals surface area contributed by atoms with Gasteiger partial charge in [-0.15, -0.1) is 0 Å². The number of anilines is 1. The summed E-state index contributed by atoms with van der Waals surface area (Å²) in [5.41, 5.74) is 6.66. The molecule has 2 N–H and O–H groups in total. The van der Waals surface area contributed by atoms with E-state index in [1.807, 2.05) is 0 Å². The van der Waals surface area contributed by atoms with Crippen molar-refractivity contribution < 1.29 is 14.3 Å². The van der Waals surface area contributed by atoms with Gasteiger partial charge in [0.25, 0.3) is 0 Å². The minimum Gasteiger partial charge on any atom is -0.495 e. The molecule has 2 aliphatic rings. The average molecular weight is 275 g/mol. The van der Waals surface area contributed by atoms with Crippen molar-refractivity contribution >= 4 is 11.7 Å². The maximum Gasteiger partial charge on any atom is 0.340 e. The van der Waals surface area contributed by atoms with Crippen molar-refractivity contribution in [3.63, 3.8) is 0 Å². The van der Waals surface area contributed by atoms with E-state index in [4.69, 9.17) is 15.2 Å². The van der Waals surface area contributed by atoms with E-state index in [-0.39, 0.29) is 5.97 Å². The summed E-state index contributed by atoms with van der Waals surface area (Å²) >= 11 is 0. The van der Waals surface area contributed by atoms with Crippen molar-refractivity contribution in [1.29, 1.82) is 0 Å². The molecule has 0 aromatic heterocycles. The number of methoxy groups -OCH3 is 1. The highest BCUT2D eigenvalue weighted by Gasteiger charge is 2.39. The molecule has 0 heterocycles. The lowest BCUT2D eigenvalue weighted by Crippen LogP contribution is -2.20. The highest BCUT2D eigenvalue weighted by atomic mass is 16.5. The Labute approximate surface area is 119 Å². The minimum atomic E-state index is -0.343. The fourth-order valence-electron chi connectivity index (χ4n) is 3.74. The Kier molecular flexibility index (Phi) is 3.55. The number of para-hydroxylation sites is 1. The lowest BCUT2D eigenvalue weighted by atomic mass is 9.89. The fraction of sp³-hybridized carbons (Fsp3) is 0.562. The van der Waals surface area contributed by atoms with Gasteiger partial charge in [0.2, 0.25) is 0 Å². The van der Waals surface area contributed by atoms with Crippen LogP contribution < -0.4 is 10.5 Å². The number of nitrogens with two attached hydrogens (primary N) is 1. The summed E-state index contributed by atoms with van der Waals surface area (Å²) in [6.07, 6.45) is 5.20. The van der Waals surface area contributed by atoms with Gasteiger partial charge in [-0.25, -0.2) is 4.79 Å². The van der Waals surface area contributed by atoms with Crippen LogP contribution in [0.5, 0.6) is 5.75 Å². The van der Waals surface area contributed by atoms with Crippen LogP contribution in [0.2, 0.25) is 0 Å². The molecule has 3 atom stereocenters. The minimum absolute atomic E-state index is 0.343. The summed E-state index contributed by atoms with van der Waals surface area (Å²) in [4.78, 5) is 12.1. The van der Waals surface area contributed by atoms with Crippen molar-refractivity contribution in [2.45, 2.75) is 25.7 Å². The van der Waals surface area contributed by atoms with Crippen LogP contribution in [0.25, 0.3) is 0 Å². The molecule has 0 spiro atoms. The van der Waals surface area contributed by atoms with Gasteiger partial charge in [-0.2, -0.15) is 0 Å². The van der Waals surface area contributed by atoms with E-state index in [9.17, 15) is 4.79 Å². The van der Waals surface area contributed by atoms with E-state index in [0.29, 0.717) is 29.5 Å². The third kappa shape index (κ3) is 2.35. The van der Waals surface area contributed by atoms with Gasteiger partial charge < -0.3 is 15.2 Å². The zero-order valence-corrected chi connectivity index (χ0v) is 11.8. The zero-order chi connectivity index (χ0) is 14.1. The number of esters is 1. The molecule has 20 heavy (non-hydrogen) atoms. The first kappa shape index (κ1) is 13.3. The third-order valence-electron chi connectivity index (χ3n) is 4.82. The number of rotatable bonds is 4. The summed E-state index contributed by atoms with van der Waals surface area (Å²) in [6, 6.07) is 5.17. The van der Waals surface area contributed by atoms with Crippen molar-refractivity contribution in [3.8, 4) is 5.75 Å². The second-order valence-corrected chi connectivity index (χ2v) is 5.95. The normalized spacial score (nSPS) is 27.6. The van der Waals surface area contributed by atoms with E-state index in [1.165, 1.54) is 32.8 Å². The van der Waals surface area contributed by atoms with E-state index >= 15 is 0 Å². The van der Waals surface area contributed by atoms with Gasteiger partial charge >= 0.3 is 5.97 Å². The van der Waals surface area contributed by atoms with E-state index in [2.05, 4.69) is 0 Å². The molecular weight excluding hydrogens is 254 g/mol. The van der Waals surface area contributed by atoms with Crippen LogP contribution in [0.1, 0.15) is 36.0 Å². The first-order valence-corrected chi connectivity index (χ1v) is 7.28. The number of fused-ring (bicyclic) bond motifs is 2. The SMILES string of the molecule is COc1cccc(C(=O)OCC2CC3CCC2C3)c1N. The van der Waals surface area contributed by atoms with E-state index < -0.39 is 0 Å². The molecule has 2 fully saturated rings. The molecule has 0 amide bonds. The molecule has 2 aliphatic carbocycles. The monoisotopic (exact) mass is 275 g/mol. The van der Waals surface area contributed by atoms with Gasteiger partial charge in [0, 0.05) is 0 Å². The van der Waals surface area contributed by atoms with Gasteiger partial charge in [-0.3, -0.25) is 0 Å². The molecule has 0 saturated heterocycles. The largest absolute Gasteiger partial charge is 0.495 e. The second kappa shape index (κ2) is 5.35. The molecule has 1 aromatic carbocycles. The third-order valence-corrected chi connectivity index (χ3v) is 4.82. The fourth-order valence-corrected chi connectivity index (χ4v) is 3.74. The number of carbonyl (C=O) groups excluding carboxylic acids is 1. The van der Waals surface area contributed by atoms with Crippen LogP contribution in [-0.2, 0) is 4.74 Å². The number of benzene rings is 1. The Morgan fingerprint density at radius 2 is 2.20 bits per heavy atom. The molecule has 3 unspecified atom stereocenters. The molecule has 3 rings (SSSR count). The Balaban J connectivity index is 1.62. The van der Waals surface area contributed by atoms with Crippen LogP contribution in [-0.4, -0.2) is 19.7 Å². The quantitative estimate of drug-likeness (QED) is 0.678. The van der Waals surface area contributed by atoms with Gasteiger partial charge in [-0.05, 0) is 49.1 Å². The maximum atomic E-state index is 12.1. The molecule has 0 aliphatic heterocycles. The Morgan fingerprint density at radius 3 is 2.85 bits per heavy atom. The number of hydrogen-bond acceptors (Lipinski definition) is 4. The summed E-state index contributed by atoms with van der Waals surface area (Å²) in [6.45, 7) is 0.524. The molecule has 1 aromatic rings. The maximum absolute atomic E-state index is 12.1. The number of carbonyl (C=O) groups is 1. The van der Waals surface area contributed by atoms with Gasteiger partial charge in [0.05, 0.1) is 25.0 Å². The Bertz CT molecular complexity index is 514. The molecule has 2 saturated carbocycles. The number of nitrogen functional groups attached to an aromatic ring is 1. The van der Waals surface area contributed by atoms with Gasteiger partial charge in [-0.1, -0.05) is 12.5 Å². The molecule has 108 valence electrons. The van der Waals surface area contributed by atoms with Gasteiger partial charge in [0.15, 0.2) is 0 Å². The lowest BCUT2D eigenvalue weighted by Gasteiger charge is -2.21. The van der Waals surface area contributed by atoms with Crippen molar-refractivity contribution in [2.24, 2.45) is 17.8 Å². The predicted octanol–water partition coefficient (Wildman–Crippen LogP) is 2.87. The standard InChI is InChI=1S/C16H21NO3/c1-19-14-4-2-3-13(15(14)17)16(18)20-9-12-8-10-5-6-11(12)7-10/h2-4,10-12H,5-9,17H2,1H3. The Morgan fingerprint density at radius 1 is 1.35 bits per heavy atom. The molecule has 4 nitrogen and oxygen atoms in total. The van der Waals surface area contributed by atoms with Crippen molar-refractivity contribution in [1.82, 2.24) is 0 Å². The van der Waals surface area contributed by atoms with Crippen LogP contribution >= 0.6 is 0 Å².